The summed E-state index contributed by atoms with van der Waals surface area (Å²) in [5.74, 6) is -0.814. The average molecular weight is 464 g/mol. The van der Waals surface area contributed by atoms with Gasteiger partial charge in [-0.3, -0.25) is 19.8 Å². The van der Waals surface area contributed by atoms with E-state index in [1.807, 2.05) is 31.4 Å². The summed E-state index contributed by atoms with van der Waals surface area (Å²) >= 11 is 5.28. The highest BCUT2D eigenvalue weighted by atomic mass is 32.1. The number of thiocarbonyl (C=S) groups is 1. The Bertz CT molecular complexity index is 1290. The van der Waals surface area contributed by atoms with Crippen LogP contribution in [0.4, 0.5) is 10.1 Å². The minimum absolute atomic E-state index is 0.00702. The zero-order valence-electron chi connectivity index (χ0n) is 18.4. The molecular weight excluding hydrogens is 441 g/mol. The van der Waals surface area contributed by atoms with Crippen molar-refractivity contribution < 1.29 is 18.7 Å². The highest BCUT2D eigenvalue weighted by Gasteiger charge is 2.35. The van der Waals surface area contributed by atoms with E-state index in [-0.39, 0.29) is 16.5 Å². The van der Waals surface area contributed by atoms with Crippen LogP contribution in [0.3, 0.4) is 0 Å². The third-order valence-corrected chi connectivity index (χ3v) is 5.63. The first-order chi connectivity index (χ1) is 15.8. The Morgan fingerprint density at radius 1 is 1.06 bits per heavy atom. The zero-order chi connectivity index (χ0) is 23.7. The van der Waals surface area contributed by atoms with Crippen LogP contribution < -0.4 is 15.0 Å². The standard InChI is InChI=1S/C25H22FN3O3S/c1-4-32-21-7-5-6-20(14-21)29-24(31)22(23(30)27-25(29)33)13-17-12-15(2)28(16(17)3)19-10-8-18(26)9-11-19/h5-14H,4H2,1-3H3,(H,27,30,33)/b22-13+. The van der Waals surface area contributed by atoms with Gasteiger partial charge in [0.2, 0.25) is 0 Å². The Balaban J connectivity index is 1.73. The van der Waals surface area contributed by atoms with Crippen molar-refractivity contribution in [3.05, 3.63) is 82.9 Å². The Kier molecular flexibility index (Phi) is 6.11. The summed E-state index contributed by atoms with van der Waals surface area (Å²) in [5, 5.41) is 2.61. The lowest BCUT2D eigenvalue weighted by Crippen LogP contribution is -2.54. The maximum atomic E-state index is 13.4. The predicted octanol–water partition coefficient (Wildman–Crippen LogP) is 4.46. The van der Waals surface area contributed by atoms with Crippen molar-refractivity contribution in [3.8, 4) is 11.4 Å². The molecule has 6 nitrogen and oxygen atoms in total. The molecule has 0 saturated carbocycles. The van der Waals surface area contributed by atoms with Crippen molar-refractivity contribution in [2.75, 3.05) is 11.5 Å². The summed E-state index contributed by atoms with van der Waals surface area (Å²) in [4.78, 5) is 27.3. The number of rotatable bonds is 5. The molecule has 0 bridgehead atoms. The maximum Gasteiger partial charge on any atom is 0.270 e. The topological polar surface area (TPSA) is 63.6 Å². The molecule has 0 aliphatic carbocycles. The number of hydrogen-bond acceptors (Lipinski definition) is 4. The minimum Gasteiger partial charge on any atom is -0.494 e. The molecule has 1 saturated heterocycles. The first kappa shape index (κ1) is 22.4. The fourth-order valence-electron chi connectivity index (χ4n) is 3.85. The third-order valence-electron chi connectivity index (χ3n) is 5.34. The van der Waals surface area contributed by atoms with E-state index in [1.165, 1.54) is 17.0 Å². The van der Waals surface area contributed by atoms with Gasteiger partial charge in [-0.1, -0.05) is 6.07 Å². The molecule has 2 heterocycles. The van der Waals surface area contributed by atoms with Crippen LogP contribution in [-0.4, -0.2) is 28.1 Å². The van der Waals surface area contributed by atoms with Crippen molar-refractivity contribution in [3.63, 3.8) is 0 Å². The molecule has 0 atom stereocenters. The molecule has 1 N–H and O–H groups in total. The molecule has 33 heavy (non-hydrogen) atoms. The van der Waals surface area contributed by atoms with Crippen molar-refractivity contribution in [1.82, 2.24) is 9.88 Å². The average Bonchev–Trinajstić information content (AvgIpc) is 3.05. The Morgan fingerprint density at radius 2 is 1.79 bits per heavy atom. The van der Waals surface area contributed by atoms with Gasteiger partial charge in [0.05, 0.1) is 12.3 Å². The summed E-state index contributed by atoms with van der Waals surface area (Å²) < 4.78 is 20.8. The van der Waals surface area contributed by atoms with E-state index in [4.69, 9.17) is 17.0 Å². The van der Waals surface area contributed by atoms with E-state index in [2.05, 4.69) is 5.32 Å². The van der Waals surface area contributed by atoms with Gasteiger partial charge in [-0.15, -0.1) is 0 Å². The smallest absolute Gasteiger partial charge is 0.270 e. The molecule has 2 amide bonds. The number of carbonyl (C=O) groups excluding carboxylic acids is 2. The van der Waals surface area contributed by atoms with Crippen LogP contribution in [0.2, 0.25) is 0 Å². The number of carbonyl (C=O) groups is 2. The van der Waals surface area contributed by atoms with E-state index in [0.29, 0.717) is 23.6 Å². The van der Waals surface area contributed by atoms with Gasteiger partial charge >= 0.3 is 0 Å². The van der Waals surface area contributed by atoms with E-state index in [9.17, 15) is 14.0 Å². The molecule has 8 heteroatoms. The number of halogens is 1. The molecule has 0 radical (unpaired) electrons. The van der Waals surface area contributed by atoms with Crippen LogP contribution >= 0.6 is 12.2 Å². The zero-order valence-corrected chi connectivity index (χ0v) is 19.2. The maximum absolute atomic E-state index is 13.4. The van der Waals surface area contributed by atoms with Crippen molar-refractivity contribution in [2.45, 2.75) is 20.8 Å². The van der Waals surface area contributed by atoms with Crippen LogP contribution in [0.5, 0.6) is 5.75 Å². The number of hydrogen-bond donors (Lipinski definition) is 1. The van der Waals surface area contributed by atoms with Crippen molar-refractivity contribution in [1.29, 1.82) is 0 Å². The van der Waals surface area contributed by atoms with Crippen molar-refractivity contribution >= 4 is 40.9 Å². The number of aryl methyl sites for hydroxylation is 1. The number of amides is 2. The number of ether oxygens (including phenoxy) is 1. The molecule has 0 spiro atoms. The molecule has 2 aromatic carbocycles. The summed E-state index contributed by atoms with van der Waals surface area (Å²) in [6, 6.07) is 15.0. The third kappa shape index (κ3) is 4.29. The number of aromatic nitrogens is 1. The van der Waals surface area contributed by atoms with Crippen LogP contribution in [-0.2, 0) is 9.59 Å². The fraction of sp³-hybridized carbons (Fsp3) is 0.160. The molecule has 1 aliphatic heterocycles. The molecule has 3 aromatic rings. The van der Waals surface area contributed by atoms with Gasteiger partial charge in [-0.05, 0) is 87.1 Å². The Hall–Kier alpha value is -3.78. The first-order valence-electron chi connectivity index (χ1n) is 10.4. The lowest BCUT2D eigenvalue weighted by molar-refractivity contribution is -0.122. The molecule has 1 fully saturated rings. The van der Waals surface area contributed by atoms with Crippen molar-refractivity contribution in [2.24, 2.45) is 0 Å². The highest BCUT2D eigenvalue weighted by Crippen LogP contribution is 2.28. The van der Waals surface area contributed by atoms with Gasteiger partial charge in [-0.2, -0.15) is 0 Å². The van der Waals surface area contributed by atoms with Gasteiger partial charge in [0.1, 0.15) is 17.1 Å². The van der Waals surface area contributed by atoms with Crippen LogP contribution in [0.25, 0.3) is 11.8 Å². The summed E-state index contributed by atoms with van der Waals surface area (Å²) in [7, 11) is 0. The van der Waals surface area contributed by atoms with Gasteiger partial charge in [-0.25, -0.2) is 4.39 Å². The molecule has 1 aliphatic rings. The Labute approximate surface area is 196 Å². The van der Waals surface area contributed by atoms with Gasteiger partial charge in [0.15, 0.2) is 5.11 Å². The number of nitrogens with zero attached hydrogens (tertiary/aromatic N) is 2. The van der Waals surface area contributed by atoms with Crippen LogP contribution in [0, 0.1) is 19.7 Å². The highest BCUT2D eigenvalue weighted by molar-refractivity contribution is 7.80. The molecule has 4 rings (SSSR count). The number of nitrogens with one attached hydrogen (secondary N) is 1. The number of anilines is 1. The number of benzene rings is 2. The molecule has 1 aromatic heterocycles. The lowest BCUT2D eigenvalue weighted by atomic mass is 10.1. The fourth-order valence-corrected chi connectivity index (χ4v) is 4.13. The van der Waals surface area contributed by atoms with Crippen LogP contribution in [0.1, 0.15) is 23.9 Å². The van der Waals surface area contributed by atoms with E-state index in [1.54, 1.807) is 42.5 Å². The van der Waals surface area contributed by atoms with E-state index >= 15 is 0 Å². The van der Waals surface area contributed by atoms with Crippen LogP contribution in [0.15, 0.2) is 60.2 Å². The second kappa shape index (κ2) is 8.99. The summed E-state index contributed by atoms with van der Waals surface area (Å²) in [6.07, 6.45) is 1.56. The second-order valence-corrected chi connectivity index (χ2v) is 7.91. The quantitative estimate of drug-likeness (QED) is 0.345. The van der Waals surface area contributed by atoms with Gasteiger partial charge < -0.3 is 9.30 Å². The lowest BCUT2D eigenvalue weighted by Gasteiger charge is -2.29. The van der Waals surface area contributed by atoms with Gasteiger partial charge in [0, 0.05) is 23.1 Å². The van der Waals surface area contributed by atoms with E-state index < -0.39 is 11.8 Å². The van der Waals surface area contributed by atoms with Gasteiger partial charge in [0.25, 0.3) is 11.8 Å². The largest absolute Gasteiger partial charge is 0.494 e. The second-order valence-electron chi connectivity index (χ2n) is 7.53. The SMILES string of the molecule is CCOc1cccc(N2C(=O)/C(=C/c3cc(C)n(-c4ccc(F)cc4)c3C)C(=O)NC2=S)c1. The monoisotopic (exact) mass is 463 g/mol. The molecule has 168 valence electrons. The summed E-state index contributed by atoms with van der Waals surface area (Å²) in [6.45, 7) is 6.13. The Morgan fingerprint density at radius 3 is 2.48 bits per heavy atom. The molecular formula is C25H22FN3O3S. The molecule has 0 unspecified atom stereocenters. The van der Waals surface area contributed by atoms with E-state index in [0.717, 1.165) is 17.1 Å². The first-order valence-corrected chi connectivity index (χ1v) is 10.8. The predicted molar refractivity (Wildman–Crippen MR) is 129 cm³/mol. The normalized spacial score (nSPS) is 15.2. The minimum atomic E-state index is -0.561. The summed E-state index contributed by atoms with van der Waals surface area (Å²) in [5.41, 5.74) is 3.64.